The first-order chi connectivity index (χ1) is 15.1. The molecule has 0 unspecified atom stereocenters. The zero-order chi connectivity index (χ0) is 23.0. The van der Waals surface area contributed by atoms with Crippen LogP contribution in [0.25, 0.3) is 11.0 Å². The Morgan fingerprint density at radius 2 is 1.78 bits per heavy atom. The number of amides is 1. The van der Waals surface area contributed by atoms with E-state index in [4.69, 9.17) is 4.74 Å². The van der Waals surface area contributed by atoms with Crippen LogP contribution < -0.4 is 9.64 Å². The molecule has 3 aromatic rings. The monoisotopic (exact) mass is 447 g/mol. The molecule has 1 aromatic carbocycles. The molecule has 10 heteroatoms. The maximum atomic E-state index is 13.7. The largest absolute Gasteiger partial charge is 0.464 e. The van der Waals surface area contributed by atoms with Crippen LogP contribution in [0.2, 0.25) is 0 Å². The van der Waals surface area contributed by atoms with Gasteiger partial charge in [0.2, 0.25) is 5.88 Å². The molecule has 3 heterocycles. The van der Waals surface area contributed by atoms with Gasteiger partial charge in [0.1, 0.15) is 0 Å². The van der Waals surface area contributed by atoms with Gasteiger partial charge in [0.05, 0.1) is 16.6 Å². The van der Waals surface area contributed by atoms with Crippen LogP contribution in [0.3, 0.4) is 0 Å². The molecule has 1 aliphatic rings. The minimum absolute atomic E-state index is 0.0587. The minimum atomic E-state index is -4.60. The first-order valence-corrected chi connectivity index (χ1v) is 10.3. The van der Waals surface area contributed by atoms with E-state index in [1.165, 1.54) is 25.6 Å². The number of alkyl halides is 3. The van der Waals surface area contributed by atoms with Gasteiger partial charge >= 0.3 is 6.18 Å². The summed E-state index contributed by atoms with van der Waals surface area (Å²) in [4.78, 5) is 20.9. The van der Waals surface area contributed by atoms with E-state index in [2.05, 4.69) is 15.0 Å². The van der Waals surface area contributed by atoms with Gasteiger partial charge in [0.15, 0.2) is 11.8 Å². The SMILES string of the molecule is Cc1nn(C)c2nc(O[C@@H](C)C(=O)N3CCN(c4ccccc4)CC3)cc(C(F)(F)F)c12. The maximum Gasteiger partial charge on any atom is 0.417 e. The lowest BCUT2D eigenvalue weighted by molar-refractivity contribution is -0.138. The number of para-hydroxylation sites is 1. The third-order valence-corrected chi connectivity index (χ3v) is 5.61. The second-order valence-corrected chi connectivity index (χ2v) is 7.82. The summed E-state index contributed by atoms with van der Waals surface area (Å²) in [5, 5.41) is 3.98. The summed E-state index contributed by atoms with van der Waals surface area (Å²) in [6, 6.07) is 10.8. The van der Waals surface area contributed by atoms with Crippen LogP contribution in [0.5, 0.6) is 5.88 Å². The highest BCUT2D eigenvalue weighted by atomic mass is 19.4. The standard InChI is InChI=1S/C22H24F3N5O2/c1-14-19-17(22(23,24)25)13-18(26-20(19)28(3)27-14)32-15(2)21(31)30-11-9-29(10-12-30)16-7-5-4-6-8-16/h4-8,13,15H,9-12H2,1-3H3/t15-/m0/s1. The Hall–Kier alpha value is -3.30. The van der Waals surface area contributed by atoms with Crippen molar-refractivity contribution >= 4 is 22.6 Å². The van der Waals surface area contributed by atoms with E-state index in [-0.39, 0.29) is 28.5 Å². The Bertz CT molecular complexity index is 1120. The van der Waals surface area contributed by atoms with Crippen molar-refractivity contribution in [1.82, 2.24) is 19.7 Å². The second-order valence-electron chi connectivity index (χ2n) is 7.82. The van der Waals surface area contributed by atoms with E-state index in [1.54, 1.807) is 4.90 Å². The van der Waals surface area contributed by atoms with Crippen LogP contribution in [0, 0.1) is 6.92 Å². The van der Waals surface area contributed by atoms with E-state index in [9.17, 15) is 18.0 Å². The molecule has 1 saturated heterocycles. The molecule has 1 aliphatic heterocycles. The summed E-state index contributed by atoms with van der Waals surface area (Å²) < 4.78 is 47.8. The molecule has 0 aliphatic carbocycles. The number of halogens is 3. The molecule has 1 fully saturated rings. The number of hydrogen-bond acceptors (Lipinski definition) is 5. The minimum Gasteiger partial charge on any atom is -0.464 e. The number of carbonyl (C=O) groups is 1. The summed E-state index contributed by atoms with van der Waals surface area (Å²) in [6.07, 6.45) is -5.58. The van der Waals surface area contributed by atoms with Crippen LogP contribution in [0.15, 0.2) is 36.4 Å². The Kier molecular flexibility index (Phi) is 5.70. The van der Waals surface area contributed by atoms with Gasteiger partial charge in [0, 0.05) is 45.0 Å². The molecule has 1 amide bonds. The molecule has 7 nitrogen and oxygen atoms in total. The Morgan fingerprint density at radius 1 is 1.12 bits per heavy atom. The fourth-order valence-electron chi connectivity index (χ4n) is 4.02. The van der Waals surface area contributed by atoms with Gasteiger partial charge in [0.25, 0.3) is 5.91 Å². The predicted molar refractivity (Wildman–Crippen MR) is 114 cm³/mol. The van der Waals surface area contributed by atoms with Crippen LogP contribution >= 0.6 is 0 Å². The molecule has 0 N–H and O–H groups in total. The van der Waals surface area contributed by atoms with Gasteiger partial charge in [-0.2, -0.15) is 23.3 Å². The highest BCUT2D eigenvalue weighted by Crippen LogP contribution is 2.37. The number of rotatable bonds is 4. The van der Waals surface area contributed by atoms with Crippen molar-refractivity contribution < 1.29 is 22.7 Å². The predicted octanol–water partition coefficient (Wildman–Crippen LogP) is 3.41. The van der Waals surface area contributed by atoms with Crippen molar-refractivity contribution in [1.29, 1.82) is 0 Å². The van der Waals surface area contributed by atoms with Crippen molar-refractivity contribution in [2.75, 3.05) is 31.1 Å². The highest BCUT2D eigenvalue weighted by molar-refractivity contribution is 5.84. The number of aryl methyl sites for hydroxylation is 2. The number of carbonyl (C=O) groups excluding carboxylic acids is 1. The quantitative estimate of drug-likeness (QED) is 0.614. The molecule has 170 valence electrons. The number of anilines is 1. The van der Waals surface area contributed by atoms with E-state index in [0.717, 1.165) is 11.8 Å². The first kappa shape index (κ1) is 21.9. The zero-order valence-electron chi connectivity index (χ0n) is 18.1. The number of hydrogen-bond donors (Lipinski definition) is 0. The fourth-order valence-corrected chi connectivity index (χ4v) is 4.02. The lowest BCUT2D eigenvalue weighted by Crippen LogP contribution is -2.52. The first-order valence-electron chi connectivity index (χ1n) is 10.3. The van der Waals surface area contributed by atoms with Gasteiger partial charge in [-0.05, 0) is 26.0 Å². The Labute approximate surface area is 183 Å². The Balaban J connectivity index is 1.48. The lowest BCUT2D eigenvalue weighted by Gasteiger charge is -2.37. The van der Waals surface area contributed by atoms with Gasteiger partial charge in [-0.1, -0.05) is 18.2 Å². The summed E-state index contributed by atoms with van der Waals surface area (Å²) >= 11 is 0. The van der Waals surface area contributed by atoms with E-state index in [0.29, 0.717) is 26.2 Å². The second kappa shape index (κ2) is 8.33. The average Bonchev–Trinajstić information content (AvgIpc) is 3.06. The van der Waals surface area contributed by atoms with Crippen LogP contribution in [0.1, 0.15) is 18.2 Å². The summed E-state index contributed by atoms with van der Waals surface area (Å²) in [7, 11) is 1.52. The zero-order valence-corrected chi connectivity index (χ0v) is 18.1. The summed E-state index contributed by atoms with van der Waals surface area (Å²) in [5.41, 5.74) is 0.504. The maximum absolute atomic E-state index is 13.7. The van der Waals surface area contributed by atoms with E-state index in [1.807, 2.05) is 30.3 Å². The smallest absolute Gasteiger partial charge is 0.417 e. The molecule has 0 saturated carbocycles. The van der Waals surface area contributed by atoms with Crippen molar-refractivity contribution in [3.8, 4) is 5.88 Å². The third kappa shape index (κ3) is 4.21. The number of ether oxygens (including phenoxy) is 1. The molecular weight excluding hydrogens is 423 g/mol. The molecule has 2 aromatic heterocycles. The van der Waals surface area contributed by atoms with Gasteiger partial charge in [-0.15, -0.1) is 0 Å². The number of benzene rings is 1. The van der Waals surface area contributed by atoms with Crippen LogP contribution in [0.4, 0.5) is 18.9 Å². The number of pyridine rings is 1. The fraction of sp³-hybridized carbons (Fsp3) is 0.409. The van der Waals surface area contributed by atoms with Crippen molar-refractivity contribution in [2.24, 2.45) is 7.05 Å². The molecular formula is C22H24F3N5O2. The molecule has 0 spiro atoms. The molecule has 0 radical (unpaired) electrons. The molecule has 0 bridgehead atoms. The Morgan fingerprint density at radius 3 is 2.41 bits per heavy atom. The van der Waals surface area contributed by atoms with Crippen LogP contribution in [-0.2, 0) is 18.0 Å². The van der Waals surface area contributed by atoms with E-state index >= 15 is 0 Å². The van der Waals surface area contributed by atoms with Crippen molar-refractivity contribution in [2.45, 2.75) is 26.1 Å². The van der Waals surface area contributed by atoms with Crippen molar-refractivity contribution in [3.05, 3.63) is 47.7 Å². The van der Waals surface area contributed by atoms with E-state index < -0.39 is 17.8 Å². The molecule has 32 heavy (non-hydrogen) atoms. The van der Waals surface area contributed by atoms with Gasteiger partial charge in [-0.25, -0.2) is 0 Å². The molecule has 1 atom stereocenters. The summed E-state index contributed by atoms with van der Waals surface area (Å²) in [5.74, 6) is -0.536. The third-order valence-electron chi connectivity index (χ3n) is 5.61. The number of nitrogens with zero attached hydrogens (tertiary/aromatic N) is 5. The molecule has 4 rings (SSSR count). The number of fused-ring (bicyclic) bond motifs is 1. The normalized spacial score (nSPS) is 15.8. The number of piperazine rings is 1. The van der Waals surface area contributed by atoms with Crippen LogP contribution in [-0.4, -0.2) is 57.9 Å². The number of aromatic nitrogens is 3. The summed E-state index contributed by atoms with van der Waals surface area (Å²) in [6.45, 7) is 5.37. The average molecular weight is 447 g/mol. The van der Waals surface area contributed by atoms with Gasteiger partial charge < -0.3 is 14.5 Å². The highest BCUT2D eigenvalue weighted by Gasteiger charge is 2.36. The lowest BCUT2D eigenvalue weighted by atomic mass is 10.1. The van der Waals surface area contributed by atoms with Gasteiger partial charge in [-0.3, -0.25) is 9.48 Å². The topological polar surface area (TPSA) is 63.5 Å². The van der Waals surface area contributed by atoms with Crippen molar-refractivity contribution in [3.63, 3.8) is 0 Å².